The summed E-state index contributed by atoms with van der Waals surface area (Å²) in [6.07, 6.45) is 3.18. The van der Waals surface area contributed by atoms with Crippen molar-refractivity contribution < 1.29 is 19.0 Å². The minimum atomic E-state index is -0.507. The molecule has 0 spiro atoms. The number of aryl methyl sites for hydroxylation is 1. The quantitative estimate of drug-likeness (QED) is 0.223. The summed E-state index contributed by atoms with van der Waals surface area (Å²) in [6.45, 7) is 1.33. The van der Waals surface area contributed by atoms with Crippen LogP contribution in [0.25, 0.3) is 10.7 Å². The molecule has 11 heteroatoms. The second kappa shape index (κ2) is 11.9. The highest BCUT2D eigenvalue weighted by Crippen LogP contribution is 2.25. The van der Waals surface area contributed by atoms with Crippen LogP contribution in [0.1, 0.15) is 35.5 Å². The number of carbonyl (C=O) groups is 1. The van der Waals surface area contributed by atoms with Gasteiger partial charge in [0.25, 0.3) is 11.6 Å². The number of hydrogen-bond acceptors (Lipinski definition) is 9. The van der Waals surface area contributed by atoms with Crippen molar-refractivity contribution in [3.05, 3.63) is 57.3 Å². The molecule has 0 bridgehead atoms. The third-order valence-electron chi connectivity index (χ3n) is 4.64. The molecule has 2 N–H and O–H groups in total. The Kier molecular flexibility index (Phi) is 8.70. The Labute approximate surface area is 189 Å². The molecule has 0 saturated heterocycles. The number of anilines is 1. The van der Waals surface area contributed by atoms with Crippen molar-refractivity contribution >= 4 is 28.6 Å². The number of thiophene rings is 1. The number of carbonyl (C=O) groups excluding carboxylic acids is 1. The summed E-state index contributed by atoms with van der Waals surface area (Å²) in [5.41, 5.74) is 0.461. The maximum absolute atomic E-state index is 12.4. The smallest absolute Gasteiger partial charge is 0.293 e. The number of aromatic nitrogens is 2. The molecule has 0 atom stereocenters. The third-order valence-corrected chi connectivity index (χ3v) is 5.51. The average Bonchev–Trinajstić information content (AvgIpc) is 3.48. The highest BCUT2D eigenvalue weighted by Gasteiger charge is 2.17. The molecule has 1 aromatic carbocycles. The first-order chi connectivity index (χ1) is 15.6. The molecule has 0 saturated carbocycles. The van der Waals surface area contributed by atoms with Gasteiger partial charge in [-0.25, -0.2) is 0 Å². The number of nitrogens with zero attached hydrogens (tertiary/aromatic N) is 3. The van der Waals surface area contributed by atoms with Crippen LogP contribution in [0.2, 0.25) is 0 Å². The van der Waals surface area contributed by atoms with Gasteiger partial charge in [-0.2, -0.15) is 4.98 Å². The molecule has 32 heavy (non-hydrogen) atoms. The van der Waals surface area contributed by atoms with Crippen molar-refractivity contribution in [3.63, 3.8) is 0 Å². The van der Waals surface area contributed by atoms with E-state index in [2.05, 4.69) is 20.8 Å². The lowest BCUT2D eigenvalue weighted by Gasteiger charge is -2.09. The zero-order valence-electron chi connectivity index (χ0n) is 17.7. The predicted octanol–water partition coefficient (Wildman–Crippen LogP) is 3.91. The molecule has 170 valence electrons. The van der Waals surface area contributed by atoms with Gasteiger partial charge in [0, 0.05) is 38.2 Å². The molecule has 0 aliphatic carbocycles. The molecule has 1 amide bonds. The normalized spacial score (nSPS) is 10.8. The van der Waals surface area contributed by atoms with E-state index < -0.39 is 4.92 Å². The summed E-state index contributed by atoms with van der Waals surface area (Å²) in [5.74, 6) is 0.870. The molecule has 10 nitrogen and oxygen atoms in total. The Bertz CT molecular complexity index is 1020. The van der Waals surface area contributed by atoms with Crippen LogP contribution in [-0.4, -0.2) is 47.8 Å². The van der Waals surface area contributed by atoms with Gasteiger partial charge in [0.05, 0.1) is 16.4 Å². The molecule has 0 aliphatic heterocycles. The Morgan fingerprint density at radius 1 is 1.25 bits per heavy atom. The Balaban J connectivity index is 1.40. The first-order valence-electron chi connectivity index (χ1n) is 10.2. The van der Waals surface area contributed by atoms with Crippen LogP contribution < -0.4 is 10.6 Å². The minimum Gasteiger partial charge on any atom is -0.383 e. The largest absolute Gasteiger partial charge is 0.383 e. The van der Waals surface area contributed by atoms with Crippen molar-refractivity contribution in [1.82, 2.24) is 15.5 Å². The topological polar surface area (TPSA) is 132 Å². The second-order valence-electron chi connectivity index (χ2n) is 6.96. The summed E-state index contributed by atoms with van der Waals surface area (Å²) in [5, 5.41) is 23.0. The van der Waals surface area contributed by atoms with E-state index in [4.69, 9.17) is 9.26 Å². The standard InChI is InChI=1S/C21H25N5O5S/c1-30-12-11-22-16-9-8-15(14-17(16)26(28)29)21(27)23-10-4-2-3-7-19-24-20(25-31-19)18-6-5-13-32-18/h5-6,8-9,13-14,22H,2-4,7,10-12H2,1H3,(H,23,27). The number of ether oxygens (including phenoxy) is 1. The van der Waals surface area contributed by atoms with Crippen LogP contribution in [-0.2, 0) is 11.2 Å². The van der Waals surface area contributed by atoms with Crippen molar-refractivity contribution in [2.75, 3.05) is 32.1 Å². The predicted molar refractivity (Wildman–Crippen MR) is 121 cm³/mol. The van der Waals surface area contributed by atoms with Crippen molar-refractivity contribution in [2.45, 2.75) is 25.7 Å². The van der Waals surface area contributed by atoms with Gasteiger partial charge in [-0.15, -0.1) is 11.3 Å². The fraction of sp³-hybridized carbons (Fsp3) is 0.381. The fourth-order valence-corrected chi connectivity index (χ4v) is 3.65. The summed E-state index contributed by atoms with van der Waals surface area (Å²) < 4.78 is 10.2. The van der Waals surface area contributed by atoms with Gasteiger partial charge >= 0.3 is 0 Å². The van der Waals surface area contributed by atoms with Crippen LogP contribution in [0.4, 0.5) is 11.4 Å². The third kappa shape index (κ3) is 6.59. The fourth-order valence-electron chi connectivity index (χ4n) is 3.01. The molecular formula is C21H25N5O5S. The van der Waals surface area contributed by atoms with E-state index in [-0.39, 0.29) is 17.2 Å². The van der Waals surface area contributed by atoms with E-state index in [0.29, 0.717) is 43.5 Å². The molecule has 0 unspecified atom stereocenters. The molecule has 3 aromatic rings. The maximum Gasteiger partial charge on any atom is 0.293 e. The summed E-state index contributed by atoms with van der Waals surface area (Å²) >= 11 is 1.56. The number of nitro benzene ring substituents is 1. The average molecular weight is 460 g/mol. The van der Waals surface area contributed by atoms with E-state index >= 15 is 0 Å². The SMILES string of the molecule is COCCNc1ccc(C(=O)NCCCCCc2nc(-c3cccs3)no2)cc1[N+](=O)[O-]. The Morgan fingerprint density at radius 3 is 2.88 bits per heavy atom. The Hall–Kier alpha value is -3.31. The van der Waals surface area contributed by atoms with E-state index in [1.807, 2.05) is 17.5 Å². The zero-order chi connectivity index (χ0) is 22.8. The number of unbranched alkanes of at least 4 members (excludes halogenated alkanes) is 2. The minimum absolute atomic E-state index is 0.143. The lowest BCUT2D eigenvalue weighted by molar-refractivity contribution is -0.384. The monoisotopic (exact) mass is 459 g/mol. The number of hydrogen-bond donors (Lipinski definition) is 2. The maximum atomic E-state index is 12.4. The molecule has 0 fully saturated rings. The van der Waals surface area contributed by atoms with Crippen molar-refractivity contribution in [3.8, 4) is 10.7 Å². The van der Waals surface area contributed by atoms with Crippen LogP contribution in [0.5, 0.6) is 0 Å². The van der Waals surface area contributed by atoms with Crippen molar-refractivity contribution in [2.24, 2.45) is 0 Å². The second-order valence-corrected chi connectivity index (χ2v) is 7.91. The van der Waals surface area contributed by atoms with Gasteiger partial charge in [0.2, 0.25) is 11.7 Å². The first-order valence-corrected chi connectivity index (χ1v) is 11.1. The Morgan fingerprint density at radius 2 is 2.12 bits per heavy atom. The number of amides is 1. The molecule has 2 aromatic heterocycles. The molecule has 2 heterocycles. The lowest BCUT2D eigenvalue weighted by atomic mass is 10.1. The molecule has 0 aliphatic rings. The van der Waals surface area contributed by atoms with E-state index in [0.717, 1.165) is 24.1 Å². The molecule has 3 rings (SSSR count). The van der Waals surface area contributed by atoms with Gasteiger partial charge in [0.15, 0.2) is 0 Å². The first kappa shape index (κ1) is 23.4. The summed E-state index contributed by atoms with van der Waals surface area (Å²) in [4.78, 5) is 28.5. The number of nitro groups is 1. The van der Waals surface area contributed by atoms with Gasteiger partial charge in [-0.1, -0.05) is 17.6 Å². The number of benzene rings is 1. The van der Waals surface area contributed by atoms with Gasteiger partial charge in [0.1, 0.15) is 5.69 Å². The van der Waals surface area contributed by atoms with Crippen molar-refractivity contribution in [1.29, 1.82) is 0 Å². The summed E-state index contributed by atoms with van der Waals surface area (Å²) in [6, 6.07) is 8.28. The number of rotatable bonds is 13. The highest BCUT2D eigenvalue weighted by atomic mass is 32.1. The summed E-state index contributed by atoms with van der Waals surface area (Å²) in [7, 11) is 1.55. The van der Waals surface area contributed by atoms with E-state index in [9.17, 15) is 14.9 Å². The number of methoxy groups -OCH3 is 1. The zero-order valence-corrected chi connectivity index (χ0v) is 18.5. The number of nitrogens with one attached hydrogen (secondary N) is 2. The van der Waals surface area contributed by atoms with Gasteiger partial charge < -0.3 is 19.9 Å². The molecule has 0 radical (unpaired) electrons. The van der Waals surface area contributed by atoms with Crippen LogP contribution >= 0.6 is 11.3 Å². The van der Waals surface area contributed by atoms with Gasteiger partial charge in [-0.05, 0) is 36.4 Å². The van der Waals surface area contributed by atoms with Crippen LogP contribution in [0, 0.1) is 10.1 Å². The van der Waals surface area contributed by atoms with E-state index in [1.54, 1.807) is 24.5 Å². The van der Waals surface area contributed by atoms with E-state index in [1.165, 1.54) is 12.1 Å². The van der Waals surface area contributed by atoms with Crippen LogP contribution in [0.15, 0.2) is 40.2 Å². The lowest BCUT2D eigenvalue weighted by Crippen LogP contribution is -2.24. The highest BCUT2D eigenvalue weighted by molar-refractivity contribution is 7.13. The van der Waals surface area contributed by atoms with Gasteiger partial charge in [-0.3, -0.25) is 14.9 Å². The molecular weight excluding hydrogens is 434 g/mol. The van der Waals surface area contributed by atoms with Crippen LogP contribution in [0.3, 0.4) is 0 Å².